The first-order chi connectivity index (χ1) is 16.0. The van der Waals surface area contributed by atoms with Gasteiger partial charge in [0.25, 0.3) is 0 Å². The predicted molar refractivity (Wildman–Crippen MR) is 188 cm³/mol. The molecule has 0 spiro atoms. The van der Waals surface area contributed by atoms with Crippen molar-refractivity contribution in [1.82, 2.24) is 0 Å². The second kappa shape index (κ2) is 0. The summed E-state index contributed by atoms with van der Waals surface area (Å²) in [5.74, 6) is 0. The van der Waals surface area contributed by atoms with Crippen LogP contribution in [0.3, 0.4) is 0 Å². The lowest BCUT2D eigenvalue weighted by Gasteiger charge is -1.07. The Balaban J connectivity index is -0.00000000551. The fraction of sp³-hybridized carbons (Fsp3) is 1.00. The van der Waals surface area contributed by atoms with Crippen molar-refractivity contribution in [1.29, 1.82) is 0 Å². The average molecular weight is 497 g/mol. The summed E-state index contributed by atoms with van der Waals surface area (Å²) in [5, 5.41) is 0. The summed E-state index contributed by atoms with van der Waals surface area (Å²) >= 11 is 0. The highest BCUT2D eigenvalue weighted by molar-refractivity contribution is 3.53. The zero-order chi connectivity index (χ0) is 32.0. The van der Waals surface area contributed by atoms with E-state index in [1.165, 1.54) is 0 Å². The molecule has 0 fully saturated rings. The molecule has 0 nitrogen and oxygen atoms in total. The van der Waals surface area contributed by atoms with E-state index in [9.17, 15) is 0 Å². The van der Waals surface area contributed by atoms with Crippen LogP contribution in [0, 0.1) is 0 Å². The highest BCUT2D eigenvalue weighted by Crippen LogP contribution is 1.17. The third-order valence-electron chi connectivity index (χ3n) is 0. The first kappa shape index (κ1) is 132. The molecule has 0 unspecified atom stereocenters. The van der Waals surface area contributed by atoms with E-state index >= 15 is 0 Å². The minimum Gasteiger partial charge on any atom is -0.0776 e. The van der Waals surface area contributed by atoms with E-state index in [0.29, 0.717) is 0 Å². The molecule has 0 aliphatic heterocycles. The summed E-state index contributed by atoms with van der Waals surface area (Å²) in [5.41, 5.74) is 0. The van der Waals surface area contributed by atoms with E-state index in [1.54, 1.807) is 0 Å². The Morgan fingerprint density at radius 3 is 0.0909 bits per heavy atom. The summed E-state index contributed by atoms with van der Waals surface area (Å²) in [4.78, 5) is 0. The van der Waals surface area contributed by atoms with Gasteiger partial charge < -0.3 is 0 Å². The molecule has 0 aliphatic carbocycles. The van der Waals surface area contributed by atoms with Gasteiger partial charge in [-0.3, -0.25) is 0 Å². The summed E-state index contributed by atoms with van der Waals surface area (Å²) in [6.45, 7) is 64.0. The van der Waals surface area contributed by atoms with Gasteiger partial charge in [-0.1, -0.05) is 229 Å². The third-order valence-corrected chi connectivity index (χ3v) is 0. The van der Waals surface area contributed by atoms with E-state index in [4.69, 9.17) is 0 Å². The van der Waals surface area contributed by atoms with Gasteiger partial charge >= 0.3 is 0 Å². The van der Waals surface area contributed by atoms with Crippen LogP contribution in [0.2, 0.25) is 0 Å². The molecule has 0 aromatic rings. The van der Waals surface area contributed by atoms with Crippen LogP contribution >= 0.6 is 0 Å². The summed E-state index contributed by atoms with van der Waals surface area (Å²) in [6, 6.07) is 0. The third kappa shape index (κ3) is 0. The monoisotopic (exact) mass is 497 g/mol. The Bertz CT molecular complexity index is 0. The molecule has 232 valence electrons. The molecule has 0 saturated carbocycles. The van der Waals surface area contributed by atoms with Crippen molar-refractivity contribution in [3.8, 4) is 0 Å². The molecule has 0 aliphatic rings. The Labute approximate surface area is 229 Å². The van der Waals surface area contributed by atoms with E-state index in [0.717, 1.165) is 0 Å². The van der Waals surface area contributed by atoms with Gasteiger partial charge in [0, 0.05) is 0 Å². The fourth-order valence-electron chi connectivity index (χ4n) is 0. The summed E-state index contributed by atoms with van der Waals surface area (Å²) in [7, 11) is 0. The van der Waals surface area contributed by atoms with Crippen LogP contribution in [-0.2, 0) is 0 Å². The van der Waals surface area contributed by atoms with Crippen LogP contribution in [0.15, 0.2) is 0 Å². The van der Waals surface area contributed by atoms with E-state index < -0.39 is 0 Å². The van der Waals surface area contributed by atoms with Crippen molar-refractivity contribution >= 4 is 0 Å². The molecule has 0 aromatic heterocycles. The van der Waals surface area contributed by atoms with E-state index in [-0.39, 0.29) is 7.43 Å². The lowest BCUT2D eigenvalue weighted by Crippen LogP contribution is -0.856. The second-order valence-corrected chi connectivity index (χ2v) is 0. The fourth-order valence-corrected chi connectivity index (χ4v) is 0. The molecule has 0 rings (SSSR count). The SMILES string of the molecule is C.CC.CC.CC.CC.CC.CC.CC.CC.CC.CC.CC.CC.CC.CC.CC.CC. The van der Waals surface area contributed by atoms with Gasteiger partial charge in [-0.2, -0.15) is 0 Å². The average Bonchev–Trinajstić information content (AvgIpc) is 3.05. The smallest absolute Gasteiger partial charge is 0.0683 e. The van der Waals surface area contributed by atoms with Crippen molar-refractivity contribution in [3.05, 3.63) is 0 Å². The van der Waals surface area contributed by atoms with Crippen molar-refractivity contribution in [2.24, 2.45) is 0 Å². The zero-order valence-corrected chi connectivity index (χ0v) is 32.0. The van der Waals surface area contributed by atoms with Crippen molar-refractivity contribution < 1.29 is 0 Å². The minimum atomic E-state index is 0. The topological polar surface area (TPSA) is 0 Å². The number of hydrogen-bond acceptors (Lipinski definition) is 0. The lowest BCUT2D eigenvalue weighted by atomic mass is 11.0. The molecule has 0 atom stereocenters. The maximum Gasteiger partial charge on any atom is -0.0683 e. The summed E-state index contributed by atoms with van der Waals surface area (Å²) < 4.78 is 0. The number of rotatable bonds is 0. The Hall–Kier alpha value is 0. The van der Waals surface area contributed by atoms with Gasteiger partial charge in [0.2, 0.25) is 0 Å². The Morgan fingerprint density at radius 1 is 0.0909 bits per heavy atom. The largest absolute Gasteiger partial charge is 0.0776 e. The van der Waals surface area contributed by atoms with Crippen molar-refractivity contribution in [2.45, 2.75) is 229 Å². The van der Waals surface area contributed by atoms with Gasteiger partial charge in [-0.05, 0) is 0 Å². The molecular weight excluding hydrogens is 396 g/mol. The Kier molecular flexibility index (Phi) is 0. The summed E-state index contributed by atoms with van der Waals surface area (Å²) in [6.07, 6.45) is 0. The van der Waals surface area contributed by atoms with Gasteiger partial charge in [0.15, 0.2) is 0 Å². The van der Waals surface area contributed by atoms with Crippen LogP contribution in [0.5, 0.6) is 0 Å². The second-order valence-electron chi connectivity index (χ2n) is 0. The first-order valence-electron chi connectivity index (χ1n) is 16.0. The molecule has 0 radical (unpaired) electrons. The maximum absolute atomic E-state index is 2.00. The zero-order valence-electron chi connectivity index (χ0n) is 32.0. The highest BCUT2D eigenvalue weighted by Gasteiger charge is 0.962. The number of hydrogen-bond donors (Lipinski definition) is 0. The van der Waals surface area contributed by atoms with Crippen LogP contribution < -0.4 is 0 Å². The normalized spacial score (nSPS) is 2.91. The minimum absolute atomic E-state index is 0. The van der Waals surface area contributed by atoms with Gasteiger partial charge in [0.05, 0.1) is 0 Å². The highest BCUT2D eigenvalue weighted by atomic mass is 13.0. The standard InChI is InChI=1S/16C2H6.CH4/c16*1-2;/h16*1-2H3;1H4. The molecular formula is C33H100. The molecule has 0 N–H and O–H groups in total. The molecule has 0 saturated heterocycles. The van der Waals surface area contributed by atoms with E-state index in [2.05, 4.69) is 0 Å². The van der Waals surface area contributed by atoms with Gasteiger partial charge in [0.1, 0.15) is 0 Å². The van der Waals surface area contributed by atoms with Crippen LogP contribution in [0.4, 0.5) is 0 Å². The molecule has 33 heavy (non-hydrogen) atoms. The maximum atomic E-state index is 2.00. The predicted octanol–water partition coefficient (Wildman–Crippen LogP) is 17.1. The molecule has 0 bridgehead atoms. The Morgan fingerprint density at radius 2 is 0.0909 bits per heavy atom. The van der Waals surface area contributed by atoms with Crippen molar-refractivity contribution in [3.63, 3.8) is 0 Å². The first-order valence-corrected chi connectivity index (χ1v) is 16.0. The molecule has 0 aromatic carbocycles. The molecule has 0 heterocycles. The quantitative estimate of drug-likeness (QED) is 0.312. The molecule has 0 amide bonds. The van der Waals surface area contributed by atoms with Gasteiger partial charge in [-0.25, -0.2) is 0 Å². The van der Waals surface area contributed by atoms with Crippen LogP contribution in [0.25, 0.3) is 0 Å². The van der Waals surface area contributed by atoms with Crippen LogP contribution in [0.1, 0.15) is 229 Å². The van der Waals surface area contributed by atoms with Gasteiger partial charge in [-0.15, -0.1) is 0 Å². The van der Waals surface area contributed by atoms with E-state index in [1.807, 2.05) is 222 Å². The lowest BCUT2D eigenvalue weighted by molar-refractivity contribution is 1.50. The van der Waals surface area contributed by atoms with Crippen molar-refractivity contribution in [2.75, 3.05) is 0 Å². The molecule has 0 heteroatoms. The van der Waals surface area contributed by atoms with Crippen LogP contribution in [-0.4, -0.2) is 0 Å².